The Balaban J connectivity index is 1.97. The molecule has 0 spiro atoms. The molecular weight excluding hydrogens is 238 g/mol. The van der Waals surface area contributed by atoms with Crippen LogP contribution in [0, 0.1) is 5.92 Å². The Bertz CT molecular complexity index is 375. The van der Waals surface area contributed by atoms with Crippen molar-refractivity contribution in [3.05, 3.63) is 29.8 Å². The highest BCUT2D eigenvalue weighted by Crippen LogP contribution is 2.23. The summed E-state index contributed by atoms with van der Waals surface area (Å²) in [6.45, 7) is 8.93. The van der Waals surface area contributed by atoms with Gasteiger partial charge in [0.25, 0.3) is 0 Å². The molecule has 1 fully saturated rings. The number of hydrogen-bond donors (Lipinski definition) is 1. The Hall–Kier alpha value is -1.06. The lowest BCUT2D eigenvalue weighted by molar-refractivity contribution is 0.0660. The zero-order valence-electron chi connectivity index (χ0n) is 12.2. The predicted octanol–water partition coefficient (Wildman–Crippen LogP) is 3.16. The van der Waals surface area contributed by atoms with Crippen LogP contribution >= 0.6 is 0 Å². The lowest BCUT2D eigenvalue weighted by atomic mass is 10.0. The molecule has 1 saturated heterocycles. The van der Waals surface area contributed by atoms with Crippen molar-refractivity contribution in [2.45, 2.75) is 39.3 Å². The summed E-state index contributed by atoms with van der Waals surface area (Å²) in [6, 6.07) is 8.81. The van der Waals surface area contributed by atoms with E-state index in [2.05, 4.69) is 31.3 Å². The second-order valence-corrected chi connectivity index (χ2v) is 5.41. The average molecular weight is 263 g/mol. The molecule has 1 aliphatic heterocycles. The molecule has 2 unspecified atom stereocenters. The number of hydrogen-bond acceptors (Lipinski definition) is 3. The molecule has 1 aromatic carbocycles. The molecule has 0 aromatic heterocycles. The highest BCUT2D eigenvalue weighted by atomic mass is 16.5. The van der Waals surface area contributed by atoms with E-state index in [1.165, 1.54) is 5.56 Å². The molecule has 3 nitrogen and oxygen atoms in total. The highest BCUT2D eigenvalue weighted by molar-refractivity contribution is 5.28. The number of nitrogens with one attached hydrogen (secondary N) is 1. The lowest BCUT2D eigenvalue weighted by Gasteiger charge is -2.20. The van der Waals surface area contributed by atoms with Gasteiger partial charge in [-0.05, 0) is 37.0 Å². The summed E-state index contributed by atoms with van der Waals surface area (Å²) in [7, 11) is 0. The zero-order valence-corrected chi connectivity index (χ0v) is 12.2. The van der Waals surface area contributed by atoms with Crippen LogP contribution in [0.15, 0.2) is 24.3 Å². The van der Waals surface area contributed by atoms with Crippen molar-refractivity contribution in [2.75, 3.05) is 19.8 Å². The smallest absolute Gasteiger partial charge is 0.119 e. The van der Waals surface area contributed by atoms with E-state index in [1.807, 2.05) is 19.1 Å². The van der Waals surface area contributed by atoms with Gasteiger partial charge in [-0.15, -0.1) is 0 Å². The first-order chi connectivity index (χ1) is 9.20. The van der Waals surface area contributed by atoms with Crippen molar-refractivity contribution in [3.63, 3.8) is 0 Å². The van der Waals surface area contributed by atoms with E-state index >= 15 is 0 Å². The zero-order chi connectivity index (χ0) is 13.7. The fourth-order valence-corrected chi connectivity index (χ4v) is 2.49. The Labute approximate surface area is 116 Å². The molecule has 1 aliphatic rings. The van der Waals surface area contributed by atoms with Crippen LogP contribution in [0.5, 0.6) is 5.75 Å². The third-order valence-corrected chi connectivity index (χ3v) is 3.68. The Morgan fingerprint density at radius 3 is 2.68 bits per heavy atom. The number of benzene rings is 1. The minimum Gasteiger partial charge on any atom is -0.494 e. The van der Waals surface area contributed by atoms with Crippen LogP contribution in [0.3, 0.4) is 0 Å². The molecule has 0 amide bonds. The van der Waals surface area contributed by atoms with Crippen LogP contribution in [-0.2, 0) is 4.74 Å². The van der Waals surface area contributed by atoms with E-state index < -0.39 is 0 Å². The third kappa shape index (κ3) is 3.95. The molecule has 0 aliphatic carbocycles. The van der Waals surface area contributed by atoms with Crippen LogP contribution in [0.25, 0.3) is 0 Å². The number of ether oxygens (including phenoxy) is 2. The van der Waals surface area contributed by atoms with E-state index in [1.54, 1.807) is 0 Å². The Morgan fingerprint density at radius 2 is 2.05 bits per heavy atom. The van der Waals surface area contributed by atoms with Crippen LogP contribution in [0.4, 0.5) is 0 Å². The quantitative estimate of drug-likeness (QED) is 0.905. The molecule has 2 atom stereocenters. The van der Waals surface area contributed by atoms with Crippen molar-refractivity contribution in [1.82, 2.24) is 5.32 Å². The highest BCUT2D eigenvalue weighted by Gasteiger charge is 2.21. The maximum Gasteiger partial charge on any atom is 0.119 e. The van der Waals surface area contributed by atoms with E-state index in [-0.39, 0.29) is 6.10 Å². The van der Waals surface area contributed by atoms with Gasteiger partial charge in [0, 0.05) is 19.2 Å². The maximum absolute atomic E-state index is 5.97. The normalized spacial score (nSPS) is 24.2. The molecule has 2 rings (SSSR count). The minimum absolute atomic E-state index is 0.152. The summed E-state index contributed by atoms with van der Waals surface area (Å²) in [4.78, 5) is 0. The lowest BCUT2D eigenvalue weighted by Crippen LogP contribution is -2.34. The molecule has 1 N–H and O–H groups in total. The molecule has 0 radical (unpaired) electrons. The molecule has 106 valence electrons. The Morgan fingerprint density at radius 1 is 1.32 bits per heavy atom. The fraction of sp³-hybridized carbons (Fsp3) is 0.625. The van der Waals surface area contributed by atoms with Crippen LogP contribution < -0.4 is 10.1 Å². The molecule has 0 saturated carbocycles. The van der Waals surface area contributed by atoms with Gasteiger partial charge >= 0.3 is 0 Å². The molecule has 1 heterocycles. The van der Waals surface area contributed by atoms with Crippen molar-refractivity contribution >= 4 is 0 Å². The van der Waals surface area contributed by atoms with Gasteiger partial charge in [-0.25, -0.2) is 0 Å². The first kappa shape index (κ1) is 14.4. The summed E-state index contributed by atoms with van der Waals surface area (Å²) < 4.78 is 11.4. The summed E-state index contributed by atoms with van der Waals surface area (Å²) in [5.41, 5.74) is 1.22. The van der Waals surface area contributed by atoms with Gasteiger partial charge in [0.2, 0.25) is 0 Å². The van der Waals surface area contributed by atoms with Gasteiger partial charge in [-0.3, -0.25) is 0 Å². The van der Waals surface area contributed by atoms with Gasteiger partial charge in [-0.2, -0.15) is 0 Å². The van der Waals surface area contributed by atoms with Gasteiger partial charge in [0.1, 0.15) is 5.75 Å². The SMILES string of the molecule is CCOc1ccc(C2CNC(C(C)C)CCO2)cc1. The van der Waals surface area contributed by atoms with Gasteiger partial charge < -0.3 is 14.8 Å². The summed E-state index contributed by atoms with van der Waals surface area (Å²) in [5, 5.41) is 3.61. The molecule has 1 aromatic rings. The summed E-state index contributed by atoms with van der Waals surface area (Å²) in [6.07, 6.45) is 1.24. The van der Waals surface area contributed by atoms with Crippen LogP contribution in [0.1, 0.15) is 38.9 Å². The first-order valence-electron chi connectivity index (χ1n) is 7.28. The monoisotopic (exact) mass is 263 g/mol. The predicted molar refractivity (Wildman–Crippen MR) is 77.5 cm³/mol. The van der Waals surface area contributed by atoms with Crippen LogP contribution in [0.2, 0.25) is 0 Å². The van der Waals surface area contributed by atoms with Crippen molar-refractivity contribution in [3.8, 4) is 5.75 Å². The average Bonchev–Trinajstić information content (AvgIpc) is 2.66. The second-order valence-electron chi connectivity index (χ2n) is 5.41. The minimum atomic E-state index is 0.152. The van der Waals surface area contributed by atoms with Gasteiger partial charge in [0.05, 0.1) is 12.7 Å². The number of rotatable bonds is 4. The Kier molecular flexibility index (Phi) is 5.23. The van der Waals surface area contributed by atoms with E-state index in [0.29, 0.717) is 18.6 Å². The summed E-state index contributed by atoms with van der Waals surface area (Å²) >= 11 is 0. The van der Waals surface area contributed by atoms with Crippen LogP contribution in [-0.4, -0.2) is 25.8 Å². The largest absolute Gasteiger partial charge is 0.494 e. The molecule has 0 bridgehead atoms. The molecule has 19 heavy (non-hydrogen) atoms. The third-order valence-electron chi connectivity index (χ3n) is 3.68. The maximum atomic E-state index is 5.97. The topological polar surface area (TPSA) is 30.5 Å². The molecular formula is C16H25NO2. The van der Waals surface area contributed by atoms with Gasteiger partial charge in [-0.1, -0.05) is 26.0 Å². The first-order valence-corrected chi connectivity index (χ1v) is 7.28. The second kappa shape index (κ2) is 6.92. The summed E-state index contributed by atoms with van der Waals surface area (Å²) in [5.74, 6) is 1.58. The standard InChI is InChI=1S/C16H25NO2/c1-4-18-14-7-5-13(6-8-14)16-11-17-15(12(2)3)9-10-19-16/h5-8,12,15-17H,4,9-11H2,1-3H3. The van der Waals surface area contributed by atoms with Crippen molar-refractivity contribution in [1.29, 1.82) is 0 Å². The fourth-order valence-electron chi connectivity index (χ4n) is 2.49. The van der Waals surface area contributed by atoms with Crippen molar-refractivity contribution < 1.29 is 9.47 Å². The van der Waals surface area contributed by atoms with Crippen molar-refractivity contribution in [2.24, 2.45) is 5.92 Å². The van der Waals surface area contributed by atoms with E-state index in [9.17, 15) is 0 Å². The van der Waals surface area contributed by atoms with E-state index in [0.717, 1.165) is 25.3 Å². The molecule has 3 heteroatoms. The van der Waals surface area contributed by atoms with E-state index in [4.69, 9.17) is 9.47 Å². The van der Waals surface area contributed by atoms with Gasteiger partial charge in [0.15, 0.2) is 0 Å².